The number of hydrogen-bond donors (Lipinski definition) is 2. The Hall–Kier alpha value is -1.14. The van der Waals surface area contributed by atoms with E-state index in [1.165, 1.54) is 4.90 Å². The van der Waals surface area contributed by atoms with Crippen LogP contribution in [0.1, 0.15) is 26.2 Å². The Morgan fingerprint density at radius 3 is 2.71 bits per heavy atom. The summed E-state index contributed by atoms with van der Waals surface area (Å²) in [5, 5.41) is 18.5. The third-order valence-corrected chi connectivity index (χ3v) is 3.50. The fraction of sp³-hybridized carbons (Fsp3) is 0.818. The fourth-order valence-corrected chi connectivity index (χ4v) is 2.52. The van der Waals surface area contributed by atoms with Crippen molar-refractivity contribution >= 4 is 11.9 Å². The van der Waals surface area contributed by atoms with Gasteiger partial charge in [0.05, 0.1) is 6.10 Å². The minimum Gasteiger partial charge on any atom is -0.480 e. The normalized spacial score (nSPS) is 37.4. The van der Waals surface area contributed by atoms with Crippen LogP contribution < -0.4 is 0 Å². The van der Waals surface area contributed by atoms with Gasteiger partial charge in [0.25, 0.3) is 5.91 Å². The monoisotopic (exact) mass is 243 g/mol. The minimum absolute atomic E-state index is 0.0781. The molecule has 0 spiro atoms. The summed E-state index contributed by atoms with van der Waals surface area (Å²) in [6.07, 6.45) is 0.739. The maximum absolute atomic E-state index is 12.3. The summed E-state index contributed by atoms with van der Waals surface area (Å²) in [6, 6.07) is -0.932. The van der Waals surface area contributed by atoms with E-state index in [1.807, 2.05) is 0 Å². The molecule has 2 heterocycles. The largest absolute Gasteiger partial charge is 0.480 e. The zero-order valence-electron chi connectivity index (χ0n) is 9.76. The van der Waals surface area contributed by atoms with E-state index in [0.29, 0.717) is 13.0 Å². The Labute approximate surface area is 99.2 Å². The smallest absolute Gasteiger partial charge is 0.326 e. The van der Waals surface area contributed by atoms with Crippen molar-refractivity contribution in [3.63, 3.8) is 0 Å². The van der Waals surface area contributed by atoms with Crippen LogP contribution in [-0.4, -0.2) is 57.9 Å². The molecule has 0 aliphatic carbocycles. The summed E-state index contributed by atoms with van der Waals surface area (Å²) in [7, 11) is 0. The van der Waals surface area contributed by atoms with E-state index in [2.05, 4.69) is 0 Å². The standard InChI is InChI=1S/C11H17NO5/c1-11(3-2-4-17-11)10(16)12-6-7(13)5-8(12)9(14)15/h7-8,13H,2-6H2,1H3,(H,14,15)/t7-,8-,11?/m0/s1. The molecule has 0 aromatic heterocycles. The van der Waals surface area contributed by atoms with Gasteiger partial charge < -0.3 is 19.8 Å². The number of carboxylic acid groups (broad SMARTS) is 1. The predicted octanol–water partition coefficient (Wildman–Crippen LogP) is -0.398. The number of ether oxygens (including phenoxy) is 1. The Bertz CT molecular complexity index is 337. The predicted molar refractivity (Wildman–Crippen MR) is 57.4 cm³/mol. The number of carbonyl (C=O) groups excluding carboxylic acids is 1. The number of carbonyl (C=O) groups is 2. The molecule has 0 aromatic carbocycles. The van der Waals surface area contributed by atoms with Crippen LogP contribution in [0.25, 0.3) is 0 Å². The average Bonchev–Trinajstić information content (AvgIpc) is 2.84. The second-order valence-corrected chi connectivity index (χ2v) is 4.88. The quantitative estimate of drug-likeness (QED) is 0.689. The number of amides is 1. The number of β-amino-alcohol motifs (C(OH)–C–C–N with tert-alkyl or cyclic N) is 1. The van der Waals surface area contributed by atoms with E-state index in [1.54, 1.807) is 6.92 Å². The van der Waals surface area contributed by atoms with E-state index < -0.39 is 23.7 Å². The lowest BCUT2D eigenvalue weighted by atomic mass is 10.0. The first-order valence-electron chi connectivity index (χ1n) is 5.80. The van der Waals surface area contributed by atoms with Crippen LogP contribution in [0.4, 0.5) is 0 Å². The number of aliphatic hydroxyl groups is 1. The van der Waals surface area contributed by atoms with E-state index in [9.17, 15) is 14.7 Å². The van der Waals surface area contributed by atoms with Crippen LogP contribution in [-0.2, 0) is 14.3 Å². The summed E-state index contributed by atoms with van der Waals surface area (Å²) < 4.78 is 5.41. The molecule has 1 unspecified atom stereocenters. The molecule has 0 aromatic rings. The van der Waals surface area contributed by atoms with E-state index in [0.717, 1.165) is 6.42 Å². The SMILES string of the molecule is CC1(C(=O)N2C[C@@H](O)C[C@H]2C(=O)O)CCCO1. The molecule has 3 atom stereocenters. The molecule has 96 valence electrons. The van der Waals surface area contributed by atoms with Gasteiger partial charge in [0.1, 0.15) is 11.6 Å². The Morgan fingerprint density at radius 2 is 2.18 bits per heavy atom. The summed E-state index contributed by atoms with van der Waals surface area (Å²) in [5.41, 5.74) is -0.919. The molecule has 2 aliphatic rings. The summed E-state index contributed by atoms with van der Waals surface area (Å²) >= 11 is 0. The molecule has 0 saturated carbocycles. The van der Waals surface area contributed by atoms with E-state index in [4.69, 9.17) is 9.84 Å². The highest BCUT2D eigenvalue weighted by atomic mass is 16.5. The number of likely N-dealkylation sites (tertiary alicyclic amines) is 1. The van der Waals surface area contributed by atoms with Crippen LogP contribution in [0, 0.1) is 0 Å². The lowest BCUT2D eigenvalue weighted by molar-refractivity contribution is -0.158. The zero-order chi connectivity index (χ0) is 12.6. The number of hydrogen-bond acceptors (Lipinski definition) is 4. The first-order valence-corrected chi connectivity index (χ1v) is 5.80. The van der Waals surface area contributed by atoms with Crippen LogP contribution in [0.15, 0.2) is 0 Å². The second-order valence-electron chi connectivity index (χ2n) is 4.88. The number of aliphatic carboxylic acids is 1. The van der Waals surface area contributed by atoms with E-state index in [-0.39, 0.29) is 18.9 Å². The summed E-state index contributed by atoms with van der Waals surface area (Å²) in [6.45, 7) is 2.29. The van der Waals surface area contributed by atoms with Crippen molar-refractivity contribution in [2.75, 3.05) is 13.2 Å². The van der Waals surface area contributed by atoms with Crippen molar-refractivity contribution in [1.29, 1.82) is 0 Å². The van der Waals surface area contributed by atoms with Crippen molar-refractivity contribution in [2.24, 2.45) is 0 Å². The van der Waals surface area contributed by atoms with Crippen LogP contribution in [0.2, 0.25) is 0 Å². The van der Waals surface area contributed by atoms with Crippen molar-refractivity contribution in [3.8, 4) is 0 Å². The van der Waals surface area contributed by atoms with Crippen molar-refractivity contribution in [2.45, 2.75) is 43.9 Å². The molecular weight excluding hydrogens is 226 g/mol. The second kappa shape index (κ2) is 4.27. The van der Waals surface area contributed by atoms with Gasteiger partial charge in [-0.15, -0.1) is 0 Å². The van der Waals surface area contributed by atoms with Gasteiger partial charge in [-0.25, -0.2) is 4.79 Å². The lowest BCUT2D eigenvalue weighted by Crippen LogP contribution is -2.51. The first-order chi connectivity index (χ1) is 7.94. The fourth-order valence-electron chi connectivity index (χ4n) is 2.52. The molecule has 2 saturated heterocycles. The molecule has 0 radical (unpaired) electrons. The molecule has 2 N–H and O–H groups in total. The van der Waals surface area contributed by atoms with Crippen LogP contribution in [0.3, 0.4) is 0 Å². The average molecular weight is 243 g/mol. The molecule has 2 rings (SSSR count). The van der Waals surface area contributed by atoms with Crippen molar-refractivity contribution in [3.05, 3.63) is 0 Å². The van der Waals surface area contributed by atoms with Crippen LogP contribution in [0.5, 0.6) is 0 Å². The van der Waals surface area contributed by atoms with Gasteiger partial charge in [0.2, 0.25) is 0 Å². The van der Waals surface area contributed by atoms with Gasteiger partial charge in [0, 0.05) is 19.6 Å². The van der Waals surface area contributed by atoms with Gasteiger partial charge in [0.15, 0.2) is 0 Å². The van der Waals surface area contributed by atoms with Gasteiger partial charge in [-0.05, 0) is 19.8 Å². The highest BCUT2D eigenvalue weighted by molar-refractivity contribution is 5.90. The highest BCUT2D eigenvalue weighted by Gasteiger charge is 2.47. The van der Waals surface area contributed by atoms with Crippen molar-refractivity contribution in [1.82, 2.24) is 4.90 Å². The Balaban J connectivity index is 2.15. The third kappa shape index (κ3) is 2.14. The van der Waals surface area contributed by atoms with Gasteiger partial charge in [-0.2, -0.15) is 0 Å². The molecule has 1 amide bonds. The van der Waals surface area contributed by atoms with Gasteiger partial charge in [-0.1, -0.05) is 0 Å². The number of nitrogens with zero attached hydrogens (tertiary/aromatic N) is 1. The van der Waals surface area contributed by atoms with Crippen molar-refractivity contribution < 1.29 is 24.5 Å². The number of rotatable bonds is 2. The Morgan fingerprint density at radius 1 is 1.47 bits per heavy atom. The maximum atomic E-state index is 12.3. The lowest BCUT2D eigenvalue weighted by Gasteiger charge is -2.30. The molecular formula is C11H17NO5. The molecule has 6 heteroatoms. The summed E-state index contributed by atoms with van der Waals surface area (Å²) in [4.78, 5) is 24.5. The van der Waals surface area contributed by atoms with Gasteiger partial charge >= 0.3 is 5.97 Å². The summed E-state index contributed by atoms with van der Waals surface area (Å²) in [5.74, 6) is -1.39. The first kappa shape index (κ1) is 12.3. The topological polar surface area (TPSA) is 87.1 Å². The minimum atomic E-state index is -1.07. The number of aliphatic hydroxyl groups excluding tert-OH is 1. The number of carboxylic acids is 1. The van der Waals surface area contributed by atoms with E-state index >= 15 is 0 Å². The maximum Gasteiger partial charge on any atom is 0.326 e. The molecule has 2 aliphatic heterocycles. The zero-order valence-corrected chi connectivity index (χ0v) is 9.76. The molecule has 0 bridgehead atoms. The molecule has 6 nitrogen and oxygen atoms in total. The molecule has 2 fully saturated rings. The van der Waals surface area contributed by atoms with Crippen LogP contribution >= 0.6 is 0 Å². The highest BCUT2D eigenvalue weighted by Crippen LogP contribution is 2.30. The Kier molecular flexibility index (Phi) is 3.09. The molecule has 17 heavy (non-hydrogen) atoms. The van der Waals surface area contributed by atoms with Gasteiger partial charge in [-0.3, -0.25) is 4.79 Å². The third-order valence-electron chi connectivity index (χ3n) is 3.50.